The Morgan fingerprint density at radius 1 is 0.969 bits per heavy atom. The minimum absolute atomic E-state index is 0.285. The van der Waals surface area contributed by atoms with Crippen LogP contribution in [0.5, 0.6) is 17.2 Å². The third kappa shape index (κ3) is 4.31. The van der Waals surface area contributed by atoms with E-state index in [1.165, 1.54) is 0 Å². The Morgan fingerprint density at radius 2 is 1.69 bits per heavy atom. The average molecular weight is 434 g/mol. The summed E-state index contributed by atoms with van der Waals surface area (Å²) < 4.78 is 18.4. The molecule has 32 heavy (non-hydrogen) atoms. The molecule has 2 N–H and O–H groups in total. The Morgan fingerprint density at radius 3 is 2.34 bits per heavy atom. The topological polar surface area (TPSA) is 90.7 Å². The van der Waals surface area contributed by atoms with Gasteiger partial charge in [0.25, 0.3) is 0 Å². The van der Waals surface area contributed by atoms with Crippen LogP contribution >= 0.6 is 0 Å². The number of pyridine rings is 1. The van der Waals surface area contributed by atoms with Gasteiger partial charge in [-0.05, 0) is 18.2 Å². The Hall–Kier alpha value is -3.78. The SMILES string of the molecule is COc1cc(OC)c(Cn2nc(C(O)CNc3ccccn3)c3ccccc32)c(OC)c1. The third-order valence-corrected chi connectivity index (χ3v) is 5.27. The van der Waals surface area contributed by atoms with E-state index >= 15 is 0 Å². The fourth-order valence-corrected chi connectivity index (χ4v) is 3.67. The van der Waals surface area contributed by atoms with E-state index in [2.05, 4.69) is 10.3 Å². The molecule has 4 aromatic rings. The van der Waals surface area contributed by atoms with Gasteiger partial charge in [-0.3, -0.25) is 4.68 Å². The highest BCUT2D eigenvalue weighted by Gasteiger charge is 2.20. The predicted octanol–water partition coefficient (Wildman–Crippen LogP) is 3.65. The first-order chi connectivity index (χ1) is 15.6. The lowest BCUT2D eigenvalue weighted by Gasteiger charge is -2.15. The number of benzene rings is 2. The van der Waals surface area contributed by atoms with Gasteiger partial charge in [0.2, 0.25) is 0 Å². The van der Waals surface area contributed by atoms with Crippen molar-refractivity contribution >= 4 is 16.7 Å². The first kappa shape index (κ1) is 21.5. The monoisotopic (exact) mass is 434 g/mol. The van der Waals surface area contributed by atoms with Crippen molar-refractivity contribution in [3.63, 3.8) is 0 Å². The summed E-state index contributed by atoms with van der Waals surface area (Å²) in [5.41, 5.74) is 2.33. The molecule has 0 bridgehead atoms. The van der Waals surface area contributed by atoms with Crippen molar-refractivity contribution in [3.8, 4) is 17.2 Å². The number of rotatable bonds is 9. The predicted molar refractivity (Wildman–Crippen MR) is 123 cm³/mol. The van der Waals surface area contributed by atoms with Crippen molar-refractivity contribution in [1.29, 1.82) is 0 Å². The second-order valence-electron chi connectivity index (χ2n) is 7.18. The van der Waals surface area contributed by atoms with Crippen LogP contribution in [0.3, 0.4) is 0 Å². The molecule has 0 aliphatic carbocycles. The lowest BCUT2D eigenvalue weighted by atomic mass is 10.1. The number of nitrogens with one attached hydrogen (secondary N) is 1. The molecule has 0 radical (unpaired) electrons. The number of fused-ring (bicyclic) bond motifs is 1. The first-order valence-electron chi connectivity index (χ1n) is 10.2. The van der Waals surface area contributed by atoms with Crippen LogP contribution in [0.15, 0.2) is 60.8 Å². The van der Waals surface area contributed by atoms with Gasteiger partial charge < -0.3 is 24.6 Å². The molecule has 4 rings (SSSR count). The van der Waals surface area contributed by atoms with Gasteiger partial charge in [0.05, 0.1) is 39.0 Å². The van der Waals surface area contributed by atoms with Crippen LogP contribution in [0, 0.1) is 0 Å². The highest BCUT2D eigenvalue weighted by atomic mass is 16.5. The number of nitrogens with zero attached hydrogens (tertiary/aromatic N) is 3. The van der Waals surface area contributed by atoms with E-state index < -0.39 is 6.10 Å². The molecule has 0 aliphatic heterocycles. The number of aromatic nitrogens is 3. The molecular formula is C24H26N4O4. The largest absolute Gasteiger partial charge is 0.496 e. The van der Waals surface area contributed by atoms with Crippen LogP contribution in [-0.4, -0.2) is 47.7 Å². The van der Waals surface area contributed by atoms with Crippen LogP contribution in [0.2, 0.25) is 0 Å². The van der Waals surface area contributed by atoms with E-state index in [-0.39, 0.29) is 6.54 Å². The molecule has 8 nitrogen and oxygen atoms in total. The summed E-state index contributed by atoms with van der Waals surface area (Å²) in [7, 11) is 4.82. The van der Waals surface area contributed by atoms with Crippen LogP contribution in [0.25, 0.3) is 10.9 Å². The zero-order valence-corrected chi connectivity index (χ0v) is 18.3. The van der Waals surface area contributed by atoms with Gasteiger partial charge in [0.1, 0.15) is 34.9 Å². The minimum Gasteiger partial charge on any atom is -0.496 e. The van der Waals surface area contributed by atoms with E-state index in [0.29, 0.717) is 35.3 Å². The molecule has 2 aromatic carbocycles. The van der Waals surface area contributed by atoms with Gasteiger partial charge in [-0.25, -0.2) is 4.98 Å². The number of ether oxygens (including phenoxy) is 3. The lowest BCUT2D eigenvalue weighted by molar-refractivity contribution is 0.187. The highest BCUT2D eigenvalue weighted by Crippen LogP contribution is 2.35. The minimum atomic E-state index is -0.817. The number of aliphatic hydroxyl groups excluding tert-OH is 1. The van der Waals surface area contributed by atoms with E-state index in [4.69, 9.17) is 19.3 Å². The zero-order valence-electron chi connectivity index (χ0n) is 18.3. The van der Waals surface area contributed by atoms with Gasteiger partial charge in [0, 0.05) is 30.3 Å². The van der Waals surface area contributed by atoms with Crippen molar-refractivity contribution in [2.24, 2.45) is 0 Å². The molecule has 166 valence electrons. The third-order valence-electron chi connectivity index (χ3n) is 5.27. The standard InChI is InChI=1S/C24H26N4O4/c1-30-16-12-21(31-2)18(22(13-16)32-3)15-28-19-9-5-4-8-17(19)24(27-28)20(29)14-26-23-10-6-7-11-25-23/h4-13,20,29H,14-15H2,1-3H3,(H,25,26). The quantitative estimate of drug-likeness (QED) is 0.416. The summed E-state index contributed by atoms with van der Waals surface area (Å²) in [5, 5.41) is 19.7. The van der Waals surface area contributed by atoms with E-state index in [0.717, 1.165) is 16.5 Å². The molecular weight excluding hydrogens is 408 g/mol. The van der Waals surface area contributed by atoms with E-state index in [1.807, 2.05) is 59.3 Å². The van der Waals surface area contributed by atoms with Crippen LogP contribution in [-0.2, 0) is 6.54 Å². The second kappa shape index (κ2) is 9.57. The molecule has 0 saturated carbocycles. The fraction of sp³-hybridized carbons (Fsp3) is 0.250. The number of methoxy groups -OCH3 is 3. The zero-order chi connectivity index (χ0) is 22.5. The summed E-state index contributed by atoms with van der Waals surface area (Å²) in [6.45, 7) is 0.685. The van der Waals surface area contributed by atoms with Gasteiger partial charge in [-0.2, -0.15) is 5.10 Å². The molecule has 8 heteroatoms. The molecule has 2 heterocycles. The average Bonchev–Trinajstić information content (AvgIpc) is 3.21. The van der Waals surface area contributed by atoms with Crippen molar-refractivity contribution in [2.75, 3.05) is 33.2 Å². The Labute approximate surface area is 186 Å². The molecule has 0 spiro atoms. The van der Waals surface area contributed by atoms with Gasteiger partial charge in [-0.1, -0.05) is 24.3 Å². The summed E-state index contributed by atoms with van der Waals surface area (Å²) in [4.78, 5) is 4.23. The van der Waals surface area contributed by atoms with Gasteiger partial charge in [0.15, 0.2) is 0 Å². The Bertz CT molecular complexity index is 1170. The fourth-order valence-electron chi connectivity index (χ4n) is 3.67. The lowest BCUT2D eigenvalue weighted by Crippen LogP contribution is -2.14. The van der Waals surface area contributed by atoms with Crippen molar-refractivity contribution in [1.82, 2.24) is 14.8 Å². The Balaban J connectivity index is 1.68. The van der Waals surface area contributed by atoms with Crippen molar-refractivity contribution in [3.05, 3.63) is 72.1 Å². The molecule has 0 fully saturated rings. The number of hydrogen-bond acceptors (Lipinski definition) is 7. The van der Waals surface area contributed by atoms with E-state index in [9.17, 15) is 5.11 Å². The Kier molecular flexibility index (Phi) is 6.42. The number of para-hydroxylation sites is 1. The first-order valence-corrected chi connectivity index (χ1v) is 10.2. The highest BCUT2D eigenvalue weighted by molar-refractivity contribution is 5.82. The summed E-state index contributed by atoms with van der Waals surface area (Å²) in [6, 6.07) is 17.0. The summed E-state index contributed by atoms with van der Waals surface area (Å²) in [6.07, 6.45) is 0.886. The summed E-state index contributed by atoms with van der Waals surface area (Å²) in [5.74, 6) is 2.62. The maximum atomic E-state index is 10.9. The molecule has 2 aromatic heterocycles. The van der Waals surface area contributed by atoms with Crippen LogP contribution in [0.1, 0.15) is 17.4 Å². The van der Waals surface area contributed by atoms with E-state index in [1.54, 1.807) is 27.5 Å². The van der Waals surface area contributed by atoms with Crippen LogP contribution < -0.4 is 19.5 Å². The molecule has 1 unspecified atom stereocenters. The molecule has 0 aliphatic rings. The molecule has 0 saturated heterocycles. The molecule has 0 amide bonds. The normalized spacial score (nSPS) is 11.9. The smallest absolute Gasteiger partial charge is 0.131 e. The van der Waals surface area contributed by atoms with Crippen molar-refractivity contribution in [2.45, 2.75) is 12.6 Å². The van der Waals surface area contributed by atoms with Gasteiger partial charge in [-0.15, -0.1) is 0 Å². The van der Waals surface area contributed by atoms with Crippen molar-refractivity contribution < 1.29 is 19.3 Å². The summed E-state index contributed by atoms with van der Waals surface area (Å²) >= 11 is 0. The number of hydrogen-bond donors (Lipinski definition) is 2. The maximum Gasteiger partial charge on any atom is 0.131 e. The van der Waals surface area contributed by atoms with Crippen LogP contribution in [0.4, 0.5) is 5.82 Å². The maximum absolute atomic E-state index is 10.9. The molecule has 1 atom stereocenters. The number of anilines is 1. The second-order valence-corrected chi connectivity index (χ2v) is 7.18. The number of aliphatic hydroxyl groups is 1. The van der Waals surface area contributed by atoms with Gasteiger partial charge >= 0.3 is 0 Å².